The molecule has 2 heterocycles. The predicted molar refractivity (Wildman–Crippen MR) is 113 cm³/mol. The van der Waals surface area contributed by atoms with Crippen LogP contribution in [0.1, 0.15) is 25.7 Å². The third-order valence-corrected chi connectivity index (χ3v) is 6.62. The Kier molecular flexibility index (Phi) is 4.46. The highest BCUT2D eigenvalue weighted by Crippen LogP contribution is 2.53. The standard InChI is InChI=1S/C24H24FN3O/c25-18-6-7-21-20(14-18)22(8-11-26-21)28-12-9-24(10-13-28)15-17(16-24)23(29)27-19-4-2-1-3-5-19/h1-8,11,14,17H,9-10,12-13,15-16H2,(H,27,29). The number of nitrogens with zero attached hydrogens (tertiary/aromatic N) is 2. The Morgan fingerprint density at radius 2 is 1.83 bits per heavy atom. The molecule has 1 saturated carbocycles. The number of rotatable bonds is 3. The number of hydrogen-bond donors (Lipinski definition) is 1. The van der Waals surface area contributed by atoms with E-state index in [0.29, 0.717) is 0 Å². The Morgan fingerprint density at radius 3 is 2.59 bits per heavy atom. The lowest BCUT2D eigenvalue weighted by atomic mass is 9.57. The lowest BCUT2D eigenvalue weighted by molar-refractivity contribution is -0.128. The number of amides is 1. The smallest absolute Gasteiger partial charge is 0.227 e. The molecule has 1 aliphatic carbocycles. The third-order valence-electron chi connectivity index (χ3n) is 6.62. The summed E-state index contributed by atoms with van der Waals surface area (Å²) in [6.45, 7) is 1.87. The Labute approximate surface area is 169 Å². The minimum atomic E-state index is -0.230. The van der Waals surface area contributed by atoms with E-state index in [-0.39, 0.29) is 23.1 Å². The molecule has 1 saturated heterocycles. The van der Waals surface area contributed by atoms with Crippen LogP contribution in [0.5, 0.6) is 0 Å². The molecule has 0 unspecified atom stereocenters. The van der Waals surface area contributed by atoms with Gasteiger partial charge in [-0.05, 0) is 67.5 Å². The molecule has 1 spiro atoms. The molecule has 0 atom stereocenters. The van der Waals surface area contributed by atoms with E-state index in [4.69, 9.17) is 0 Å². The number of aromatic nitrogens is 1. The Hall–Kier alpha value is -2.95. The van der Waals surface area contributed by atoms with Crippen molar-refractivity contribution >= 4 is 28.2 Å². The normalized spacial score (nSPS) is 18.6. The Balaban J connectivity index is 1.22. The first-order valence-electron chi connectivity index (χ1n) is 10.3. The molecule has 0 bridgehead atoms. The SMILES string of the molecule is O=C(Nc1ccccc1)C1CC2(CCN(c3ccnc4ccc(F)cc34)CC2)C1. The van der Waals surface area contributed by atoms with E-state index >= 15 is 0 Å². The summed E-state index contributed by atoms with van der Waals surface area (Å²) < 4.78 is 13.8. The highest BCUT2D eigenvalue weighted by Gasteiger charge is 2.48. The summed E-state index contributed by atoms with van der Waals surface area (Å²) in [6, 6.07) is 16.4. The zero-order valence-electron chi connectivity index (χ0n) is 16.3. The average molecular weight is 389 g/mol. The molecule has 3 aromatic rings. The molecule has 1 N–H and O–H groups in total. The van der Waals surface area contributed by atoms with Gasteiger partial charge in [0.2, 0.25) is 5.91 Å². The molecule has 5 rings (SSSR count). The molecule has 1 amide bonds. The van der Waals surface area contributed by atoms with E-state index in [9.17, 15) is 9.18 Å². The number of nitrogens with one attached hydrogen (secondary N) is 1. The maximum atomic E-state index is 13.8. The second kappa shape index (κ2) is 7.14. The van der Waals surface area contributed by atoms with Crippen LogP contribution in [0.3, 0.4) is 0 Å². The van der Waals surface area contributed by atoms with Gasteiger partial charge in [0.1, 0.15) is 5.82 Å². The van der Waals surface area contributed by atoms with Gasteiger partial charge in [0, 0.05) is 42.0 Å². The first kappa shape index (κ1) is 18.1. The van der Waals surface area contributed by atoms with Crippen LogP contribution < -0.4 is 10.2 Å². The quantitative estimate of drug-likeness (QED) is 0.685. The molecule has 2 fully saturated rings. The van der Waals surface area contributed by atoms with Gasteiger partial charge in [-0.15, -0.1) is 0 Å². The first-order valence-corrected chi connectivity index (χ1v) is 10.3. The first-order chi connectivity index (χ1) is 14.1. The number of hydrogen-bond acceptors (Lipinski definition) is 3. The summed E-state index contributed by atoms with van der Waals surface area (Å²) in [4.78, 5) is 19.2. The van der Waals surface area contributed by atoms with Crippen molar-refractivity contribution in [3.8, 4) is 0 Å². The number of benzene rings is 2. The van der Waals surface area contributed by atoms with Gasteiger partial charge in [-0.25, -0.2) is 4.39 Å². The van der Waals surface area contributed by atoms with Gasteiger partial charge in [0.05, 0.1) is 5.52 Å². The van der Waals surface area contributed by atoms with E-state index in [1.54, 1.807) is 18.3 Å². The fraction of sp³-hybridized carbons (Fsp3) is 0.333. The van der Waals surface area contributed by atoms with Gasteiger partial charge >= 0.3 is 0 Å². The Morgan fingerprint density at radius 1 is 1.07 bits per heavy atom. The van der Waals surface area contributed by atoms with Gasteiger partial charge < -0.3 is 10.2 Å². The van der Waals surface area contributed by atoms with Gasteiger partial charge in [-0.2, -0.15) is 0 Å². The van der Waals surface area contributed by atoms with Crippen molar-refractivity contribution in [2.45, 2.75) is 25.7 Å². The van der Waals surface area contributed by atoms with Crippen LogP contribution >= 0.6 is 0 Å². The van der Waals surface area contributed by atoms with Crippen molar-refractivity contribution in [1.29, 1.82) is 0 Å². The second-order valence-electron chi connectivity index (χ2n) is 8.44. The Bertz CT molecular complexity index is 1040. The van der Waals surface area contributed by atoms with Gasteiger partial charge in [-0.3, -0.25) is 9.78 Å². The maximum absolute atomic E-state index is 13.8. The van der Waals surface area contributed by atoms with Crippen molar-refractivity contribution in [3.63, 3.8) is 0 Å². The molecule has 29 heavy (non-hydrogen) atoms. The van der Waals surface area contributed by atoms with E-state index in [2.05, 4.69) is 15.2 Å². The van der Waals surface area contributed by atoms with Crippen molar-refractivity contribution in [1.82, 2.24) is 4.98 Å². The summed E-state index contributed by atoms with van der Waals surface area (Å²) >= 11 is 0. The van der Waals surface area contributed by atoms with Crippen molar-refractivity contribution < 1.29 is 9.18 Å². The lowest BCUT2D eigenvalue weighted by Gasteiger charge is -2.52. The monoisotopic (exact) mass is 389 g/mol. The van der Waals surface area contributed by atoms with Gasteiger partial charge in [0.15, 0.2) is 0 Å². The highest BCUT2D eigenvalue weighted by atomic mass is 19.1. The number of fused-ring (bicyclic) bond motifs is 1. The third kappa shape index (κ3) is 3.46. The fourth-order valence-corrected chi connectivity index (χ4v) is 4.95. The lowest BCUT2D eigenvalue weighted by Crippen LogP contribution is -2.50. The molecule has 4 nitrogen and oxygen atoms in total. The highest BCUT2D eigenvalue weighted by molar-refractivity contribution is 5.93. The number of halogens is 1. The van der Waals surface area contributed by atoms with E-state index in [0.717, 1.165) is 61.1 Å². The van der Waals surface area contributed by atoms with Crippen LogP contribution in [0.15, 0.2) is 60.8 Å². The predicted octanol–water partition coefficient (Wildman–Crippen LogP) is 5.01. The molecule has 1 aromatic heterocycles. The van der Waals surface area contributed by atoms with E-state index in [1.807, 2.05) is 36.4 Å². The van der Waals surface area contributed by atoms with Crippen molar-refractivity contribution in [2.75, 3.05) is 23.3 Å². The van der Waals surface area contributed by atoms with Crippen LogP contribution in [0.25, 0.3) is 10.9 Å². The number of anilines is 2. The summed E-state index contributed by atoms with van der Waals surface area (Å²) in [6.07, 6.45) is 5.87. The van der Waals surface area contributed by atoms with Crippen LogP contribution in [-0.4, -0.2) is 24.0 Å². The number of carbonyl (C=O) groups excluding carboxylic acids is 1. The number of pyridine rings is 1. The largest absolute Gasteiger partial charge is 0.371 e. The van der Waals surface area contributed by atoms with Gasteiger partial charge in [0.25, 0.3) is 0 Å². The minimum Gasteiger partial charge on any atom is -0.371 e. The zero-order valence-corrected chi connectivity index (χ0v) is 16.3. The minimum absolute atomic E-state index is 0.109. The summed E-state index contributed by atoms with van der Waals surface area (Å²) in [7, 11) is 0. The molecule has 0 radical (unpaired) electrons. The van der Waals surface area contributed by atoms with E-state index in [1.165, 1.54) is 6.07 Å². The number of piperidine rings is 1. The second-order valence-corrected chi connectivity index (χ2v) is 8.44. The van der Waals surface area contributed by atoms with Crippen LogP contribution in [0, 0.1) is 17.2 Å². The molecular formula is C24H24FN3O. The number of carbonyl (C=O) groups is 1. The summed E-state index contributed by atoms with van der Waals surface area (Å²) in [5, 5.41) is 3.91. The maximum Gasteiger partial charge on any atom is 0.227 e. The fourth-order valence-electron chi connectivity index (χ4n) is 4.95. The zero-order chi connectivity index (χ0) is 19.8. The van der Waals surface area contributed by atoms with E-state index < -0.39 is 0 Å². The van der Waals surface area contributed by atoms with Crippen LogP contribution in [-0.2, 0) is 4.79 Å². The summed E-state index contributed by atoms with van der Waals surface area (Å²) in [5.41, 5.74) is 3.03. The topological polar surface area (TPSA) is 45.2 Å². The van der Waals surface area contributed by atoms with Gasteiger partial charge in [-0.1, -0.05) is 18.2 Å². The van der Waals surface area contributed by atoms with Crippen molar-refractivity contribution in [2.24, 2.45) is 11.3 Å². The molecule has 2 aromatic carbocycles. The molecule has 2 aliphatic rings. The van der Waals surface area contributed by atoms with Crippen LogP contribution in [0.4, 0.5) is 15.8 Å². The van der Waals surface area contributed by atoms with Crippen LogP contribution in [0.2, 0.25) is 0 Å². The molecule has 1 aliphatic heterocycles. The number of para-hydroxylation sites is 1. The van der Waals surface area contributed by atoms with Crippen molar-refractivity contribution in [3.05, 3.63) is 66.6 Å². The molecule has 148 valence electrons. The molecular weight excluding hydrogens is 365 g/mol. The summed E-state index contributed by atoms with van der Waals surface area (Å²) in [5.74, 6) is 0.0176. The molecule has 5 heteroatoms. The average Bonchev–Trinajstić information content (AvgIpc) is 2.72.